The predicted octanol–water partition coefficient (Wildman–Crippen LogP) is 5.40. The van der Waals surface area contributed by atoms with Gasteiger partial charge in [-0.1, -0.05) is 12.1 Å². The molecule has 0 atom stereocenters. The molecule has 5 rings (SSSR count). The summed E-state index contributed by atoms with van der Waals surface area (Å²) in [5.74, 6) is 0.691. The molecule has 1 saturated heterocycles. The Kier molecular flexibility index (Phi) is 5.32. The standard InChI is InChI=1S/C23H22F3N5O/c24-18-14-27-21(31-9-7-23(5-6-23)8-10-31)12-19(18)29-20-11-16(13-28-30-20)15-1-3-17(4-2-15)32-22(25)26/h1-4,11-14,22H,5-10H2,(H,27,29,30). The molecule has 0 unspecified atom stereocenters. The van der Waals surface area contributed by atoms with Crippen LogP contribution >= 0.6 is 0 Å². The summed E-state index contributed by atoms with van der Waals surface area (Å²) in [5.41, 5.74) is 2.26. The summed E-state index contributed by atoms with van der Waals surface area (Å²) in [7, 11) is 0. The second-order valence-electron chi connectivity index (χ2n) is 8.37. The zero-order valence-corrected chi connectivity index (χ0v) is 17.3. The molecule has 2 aromatic heterocycles. The molecule has 3 aromatic rings. The quantitative estimate of drug-likeness (QED) is 0.552. The van der Waals surface area contributed by atoms with Crippen LogP contribution in [0, 0.1) is 11.2 Å². The monoisotopic (exact) mass is 441 g/mol. The van der Waals surface area contributed by atoms with Crippen molar-refractivity contribution < 1.29 is 17.9 Å². The second kappa shape index (κ2) is 8.29. The third kappa shape index (κ3) is 4.46. The number of hydrogen-bond donors (Lipinski definition) is 1. The van der Waals surface area contributed by atoms with Gasteiger partial charge in [0.05, 0.1) is 18.1 Å². The van der Waals surface area contributed by atoms with Gasteiger partial charge in [0.25, 0.3) is 0 Å². The summed E-state index contributed by atoms with van der Waals surface area (Å²) >= 11 is 0. The van der Waals surface area contributed by atoms with E-state index < -0.39 is 12.4 Å². The van der Waals surface area contributed by atoms with E-state index in [9.17, 15) is 13.2 Å². The first kappa shape index (κ1) is 20.5. The zero-order chi connectivity index (χ0) is 22.1. The number of alkyl halides is 2. The van der Waals surface area contributed by atoms with Crippen LogP contribution in [0.1, 0.15) is 25.7 Å². The molecular formula is C23H22F3N5O. The van der Waals surface area contributed by atoms with E-state index in [0.717, 1.165) is 37.3 Å². The molecule has 1 saturated carbocycles. The molecule has 32 heavy (non-hydrogen) atoms. The summed E-state index contributed by atoms with van der Waals surface area (Å²) in [6.07, 6.45) is 7.72. The van der Waals surface area contributed by atoms with Gasteiger partial charge in [-0.05, 0) is 54.9 Å². The first-order valence-corrected chi connectivity index (χ1v) is 10.6. The molecule has 166 valence electrons. The molecule has 3 heterocycles. The van der Waals surface area contributed by atoms with Gasteiger partial charge >= 0.3 is 6.61 Å². The Balaban J connectivity index is 1.32. The van der Waals surface area contributed by atoms with Crippen molar-refractivity contribution in [2.24, 2.45) is 5.41 Å². The predicted molar refractivity (Wildman–Crippen MR) is 115 cm³/mol. The molecule has 0 amide bonds. The van der Waals surface area contributed by atoms with Crippen molar-refractivity contribution in [3.63, 3.8) is 0 Å². The molecule has 1 aliphatic heterocycles. The highest BCUT2D eigenvalue weighted by atomic mass is 19.3. The largest absolute Gasteiger partial charge is 0.435 e. The molecule has 9 heteroatoms. The van der Waals surface area contributed by atoms with Crippen LogP contribution in [0.3, 0.4) is 0 Å². The lowest BCUT2D eigenvalue weighted by Crippen LogP contribution is -2.35. The fraction of sp³-hybridized carbons (Fsp3) is 0.348. The van der Waals surface area contributed by atoms with Crippen LogP contribution in [-0.2, 0) is 0 Å². The highest BCUT2D eigenvalue weighted by molar-refractivity contribution is 5.69. The van der Waals surface area contributed by atoms with Gasteiger partial charge in [0.15, 0.2) is 11.6 Å². The summed E-state index contributed by atoms with van der Waals surface area (Å²) in [6.45, 7) is -1.02. The van der Waals surface area contributed by atoms with Crippen molar-refractivity contribution in [1.82, 2.24) is 15.2 Å². The normalized spacial score (nSPS) is 16.9. The maximum atomic E-state index is 14.5. The zero-order valence-electron chi connectivity index (χ0n) is 17.3. The fourth-order valence-electron chi connectivity index (χ4n) is 4.14. The maximum Gasteiger partial charge on any atom is 0.387 e. The van der Waals surface area contributed by atoms with Crippen LogP contribution in [0.15, 0.2) is 48.8 Å². The Hall–Kier alpha value is -3.36. The molecule has 2 fully saturated rings. The SMILES string of the molecule is Fc1cnc(N2CCC3(CC2)CC3)cc1Nc1cc(-c2ccc(OC(F)F)cc2)cnn1. The van der Waals surface area contributed by atoms with Crippen molar-refractivity contribution in [3.8, 4) is 16.9 Å². The van der Waals surface area contributed by atoms with Crippen LogP contribution in [0.4, 0.5) is 30.5 Å². The van der Waals surface area contributed by atoms with Crippen molar-refractivity contribution >= 4 is 17.3 Å². The molecular weight excluding hydrogens is 419 g/mol. The van der Waals surface area contributed by atoms with Gasteiger partial charge in [0, 0.05) is 24.7 Å². The Labute approximate surface area is 183 Å². The first-order chi connectivity index (χ1) is 15.5. The average Bonchev–Trinajstić information content (AvgIpc) is 3.55. The minimum atomic E-state index is -2.88. The molecule has 2 aliphatic rings. The Bertz CT molecular complexity index is 1100. The number of nitrogens with one attached hydrogen (secondary N) is 1. The number of anilines is 3. The molecule has 1 aromatic carbocycles. The number of halogens is 3. The van der Waals surface area contributed by atoms with E-state index in [4.69, 9.17) is 0 Å². The summed E-state index contributed by atoms with van der Waals surface area (Å²) in [6, 6.07) is 9.61. The third-order valence-electron chi connectivity index (χ3n) is 6.28. The van der Waals surface area contributed by atoms with Crippen LogP contribution in [-0.4, -0.2) is 34.9 Å². The van der Waals surface area contributed by atoms with Gasteiger partial charge < -0.3 is 15.0 Å². The molecule has 0 bridgehead atoms. The lowest BCUT2D eigenvalue weighted by Gasteiger charge is -2.33. The average molecular weight is 441 g/mol. The van der Waals surface area contributed by atoms with Gasteiger partial charge in [-0.3, -0.25) is 0 Å². The van der Waals surface area contributed by atoms with E-state index in [1.807, 2.05) is 0 Å². The van der Waals surface area contributed by atoms with E-state index in [0.29, 0.717) is 16.8 Å². The van der Waals surface area contributed by atoms with E-state index >= 15 is 0 Å². The lowest BCUT2D eigenvalue weighted by atomic mass is 9.94. The number of rotatable bonds is 6. The van der Waals surface area contributed by atoms with Gasteiger partial charge in [0.1, 0.15) is 11.6 Å². The Morgan fingerprint density at radius 1 is 0.969 bits per heavy atom. The topological polar surface area (TPSA) is 63.2 Å². The smallest absolute Gasteiger partial charge is 0.387 e. The maximum absolute atomic E-state index is 14.5. The molecule has 6 nitrogen and oxygen atoms in total. The van der Waals surface area contributed by atoms with Crippen LogP contribution in [0.25, 0.3) is 11.1 Å². The third-order valence-corrected chi connectivity index (χ3v) is 6.28. The minimum Gasteiger partial charge on any atom is -0.435 e. The van der Waals surface area contributed by atoms with Crippen LogP contribution < -0.4 is 15.0 Å². The van der Waals surface area contributed by atoms with E-state index in [-0.39, 0.29) is 11.4 Å². The number of pyridine rings is 1. The van der Waals surface area contributed by atoms with Gasteiger partial charge in [-0.15, -0.1) is 5.10 Å². The number of piperidine rings is 1. The summed E-state index contributed by atoms with van der Waals surface area (Å²) in [5, 5.41) is 11.0. The Morgan fingerprint density at radius 2 is 1.72 bits per heavy atom. The van der Waals surface area contributed by atoms with Crippen LogP contribution in [0.2, 0.25) is 0 Å². The van der Waals surface area contributed by atoms with Crippen molar-refractivity contribution in [3.05, 3.63) is 54.6 Å². The summed E-state index contributed by atoms with van der Waals surface area (Å²) < 4.78 is 43.5. The molecule has 0 radical (unpaired) electrons. The highest BCUT2D eigenvalue weighted by Gasteiger charge is 2.44. The first-order valence-electron chi connectivity index (χ1n) is 10.6. The number of hydrogen-bond acceptors (Lipinski definition) is 6. The molecule has 1 spiro atoms. The highest BCUT2D eigenvalue weighted by Crippen LogP contribution is 2.53. The van der Waals surface area contributed by atoms with E-state index in [1.54, 1.807) is 30.5 Å². The van der Waals surface area contributed by atoms with Crippen LogP contribution in [0.5, 0.6) is 5.75 Å². The lowest BCUT2D eigenvalue weighted by molar-refractivity contribution is -0.0498. The van der Waals surface area contributed by atoms with Gasteiger partial charge in [-0.25, -0.2) is 9.37 Å². The number of aromatic nitrogens is 3. The van der Waals surface area contributed by atoms with Gasteiger partial charge in [-0.2, -0.15) is 13.9 Å². The Morgan fingerprint density at radius 3 is 2.41 bits per heavy atom. The molecule has 1 N–H and O–H groups in total. The number of nitrogens with zero attached hydrogens (tertiary/aromatic N) is 4. The van der Waals surface area contributed by atoms with E-state index in [2.05, 4.69) is 30.1 Å². The summed E-state index contributed by atoms with van der Waals surface area (Å²) in [4.78, 5) is 6.47. The minimum absolute atomic E-state index is 0.0702. The number of ether oxygens (including phenoxy) is 1. The fourth-order valence-corrected chi connectivity index (χ4v) is 4.14. The van der Waals surface area contributed by atoms with Crippen molar-refractivity contribution in [2.45, 2.75) is 32.3 Å². The second-order valence-corrected chi connectivity index (χ2v) is 8.37. The number of benzene rings is 1. The van der Waals surface area contributed by atoms with Gasteiger partial charge in [0.2, 0.25) is 0 Å². The molecule has 1 aliphatic carbocycles. The van der Waals surface area contributed by atoms with Crippen molar-refractivity contribution in [2.75, 3.05) is 23.3 Å². The van der Waals surface area contributed by atoms with E-state index in [1.165, 1.54) is 31.2 Å². The van der Waals surface area contributed by atoms with Crippen molar-refractivity contribution in [1.29, 1.82) is 0 Å².